The number of carbonyl (C=O) groups excluding carboxylic acids is 1. The van der Waals surface area contributed by atoms with Crippen LogP contribution < -0.4 is 0 Å². The van der Waals surface area contributed by atoms with Crippen LogP contribution in [0.2, 0.25) is 0 Å². The van der Waals surface area contributed by atoms with E-state index in [1.807, 2.05) is 0 Å². The first-order valence-corrected chi connectivity index (χ1v) is 10.6. The van der Waals surface area contributed by atoms with Gasteiger partial charge in [-0.15, -0.1) is 0 Å². The number of nitro groups is 1. The highest BCUT2D eigenvalue weighted by Gasteiger charge is 2.59. The van der Waals surface area contributed by atoms with Crippen molar-refractivity contribution in [2.75, 3.05) is 6.54 Å². The van der Waals surface area contributed by atoms with Crippen LogP contribution in [-0.2, 0) is 4.79 Å². The predicted molar refractivity (Wildman–Crippen MR) is 101 cm³/mol. The van der Waals surface area contributed by atoms with Crippen LogP contribution in [0.5, 0.6) is 0 Å². The molecule has 0 aliphatic heterocycles. The number of ketones is 1. The van der Waals surface area contributed by atoms with Crippen LogP contribution in [0.25, 0.3) is 0 Å². The first-order chi connectivity index (χ1) is 12.3. The number of hydrogen-bond donors (Lipinski definition) is 0. The van der Waals surface area contributed by atoms with Gasteiger partial charge in [0.2, 0.25) is 6.54 Å². The van der Waals surface area contributed by atoms with Gasteiger partial charge in [0, 0.05) is 16.1 Å². The highest BCUT2D eigenvalue weighted by Crippen LogP contribution is 2.67. The van der Waals surface area contributed by atoms with Crippen LogP contribution in [0, 0.1) is 44.6 Å². The monoisotopic (exact) mass is 359 g/mol. The Bertz CT molecular complexity index is 668. The Morgan fingerprint density at radius 3 is 2.58 bits per heavy atom. The molecule has 4 nitrogen and oxygen atoms in total. The molecule has 4 heteroatoms. The van der Waals surface area contributed by atoms with Crippen molar-refractivity contribution < 1.29 is 9.72 Å². The van der Waals surface area contributed by atoms with E-state index in [1.54, 1.807) is 6.92 Å². The molecule has 4 rings (SSSR count). The minimum Gasteiger partial charge on any atom is -0.295 e. The fourth-order valence-corrected chi connectivity index (χ4v) is 8.02. The van der Waals surface area contributed by atoms with Gasteiger partial charge in [0.15, 0.2) is 5.78 Å². The van der Waals surface area contributed by atoms with Gasteiger partial charge in [-0.3, -0.25) is 14.9 Å². The highest BCUT2D eigenvalue weighted by atomic mass is 16.6. The number of Topliss-reactive ketones (excluding diaryl/α,β-unsaturated/α-hetero) is 1. The molecular weight excluding hydrogens is 326 g/mol. The normalized spacial score (nSPS) is 44.9. The van der Waals surface area contributed by atoms with E-state index >= 15 is 0 Å². The number of carbonyl (C=O) groups is 1. The van der Waals surface area contributed by atoms with Crippen molar-refractivity contribution in [1.29, 1.82) is 0 Å². The lowest BCUT2D eigenvalue weighted by atomic mass is 9.45. The maximum absolute atomic E-state index is 12.5. The van der Waals surface area contributed by atoms with E-state index in [4.69, 9.17) is 0 Å². The summed E-state index contributed by atoms with van der Waals surface area (Å²) in [6.45, 7) is 6.27. The SMILES string of the molecule is CC(=O)C1=C(C[N+](=O)[O-])C[C@H]2[C@@H]3CCC4CCCC[C@]4(C)[C@H]3CC[C@]12C. The van der Waals surface area contributed by atoms with Gasteiger partial charge in [-0.05, 0) is 86.4 Å². The minimum absolute atomic E-state index is 0.0721. The smallest absolute Gasteiger partial charge is 0.225 e. The Morgan fingerprint density at radius 1 is 1.12 bits per heavy atom. The van der Waals surface area contributed by atoms with Crippen molar-refractivity contribution in [2.24, 2.45) is 34.5 Å². The molecule has 3 saturated carbocycles. The van der Waals surface area contributed by atoms with Gasteiger partial charge >= 0.3 is 0 Å². The van der Waals surface area contributed by atoms with E-state index < -0.39 is 0 Å². The summed E-state index contributed by atoms with van der Waals surface area (Å²) in [5, 5.41) is 11.2. The average molecular weight is 360 g/mol. The van der Waals surface area contributed by atoms with Gasteiger partial charge in [-0.25, -0.2) is 0 Å². The maximum Gasteiger partial charge on any atom is 0.225 e. The second-order valence-corrected chi connectivity index (χ2v) is 10.1. The lowest BCUT2D eigenvalue weighted by molar-refractivity contribution is -0.471. The summed E-state index contributed by atoms with van der Waals surface area (Å²) in [7, 11) is 0. The van der Waals surface area contributed by atoms with Crippen molar-refractivity contribution in [3.63, 3.8) is 0 Å². The molecule has 0 saturated heterocycles. The van der Waals surface area contributed by atoms with Gasteiger partial charge in [0.05, 0.1) is 0 Å². The molecule has 0 spiro atoms. The molecular formula is C22H33NO3. The second-order valence-electron chi connectivity index (χ2n) is 10.1. The summed E-state index contributed by atoms with van der Waals surface area (Å²) >= 11 is 0. The molecule has 0 aromatic carbocycles. The number of allylic oxidation sites excluding steroid dienone is 1. The number of hydrogen-bond acceptors (Lipinski definition) is 3. The van der Waals surface area contributed by atoms with Crippen LogP contribution in [0.15, 0.2) is 11.1 Å². The molecule has 0 N–H and O–H groups in total. The Hall–Kier alpha value is -1.19. The summed E-state index contributed by atoms with van der Waals surface area (Å²) in [6.07, 6.45) is 11.1. The van der Waals surface area contributed by atoms with Crippen molar-refractivity contribution in [1.82, 2.24) is 0 Å². The van der Waals surface area contributed by atoms with Gasteiger partial charge in [0.25, 0.3) is 0 Å². The van der Waals surface area contributed by atoms with Crippen LogP contribution >= 0.6 is 0 Å². The van der Waals surface area contributed by atoms with Crippen molar-refractivity contribution >= 4 is 5.78 Å². The zero-order valence-corrected chi connectivity index (χ0v) is 16.6. The van der Waals surface area contributed by atoms with E-state index in [9.17, 15) is 14.9 Å². The predicted octanol–water partition coefficient (Wildman–Crippen LogP) is 5.19. The summed E-state index contributed by atoms with van der Waals surface area (Å²) < 4.78 is 0. The number of fused-ring (bicyclic) bond motifs is 5. The molecule has 0 radical (unpaired) electrons. The third kappa shape index (κ3) is 2.51. The third-order valence-corrected chi connectivity index (χ3v) is 9.04. The summed E-state index contributed by atoms with van der Waals surface area (Å²) in [5.41, 5.74) is 2.00. The first kappa shape index (κ1) is 18.2. The topological polar surface area (TPSA) is 60.2 Å². The molecule has 144 valence electrons. The lowest BCUT2D eigenvalue weighted by Gasteiger charge is -2.60. The zero-order chi connectivity index (χ0) is 18.7. The van der Waals surface area contributed by atoms with E-state index in [0.29, 0.717) is 17.3 Å². The second kappa shape index (κ2) is 6.17. The van der Waals surface area contributed by atoms with Gasteiger partial charge in [0.1, 0.15) is 0 Å². The fraction of sp³-hybridized carbons (Fsp3) is 0.864. The largest absolute Gasteiger partial charge is 0.295 e. The summed E-state index contributed by atoms with van der Waals surface area (Å²) in [6, 6.07) is 0. The van der Waals surface area contributed by atoms with Crippen LogP contribution in [0.1, 0.15) is 78.6 Å². The molecule has 4 aliphatic rings. The Morgan fingerprint density at radius 2 is 1.88 bits per heavy atom. The molecule has 0 amide bonds. The average Bonchev–Trinajstić information content (AvgIpc) is 2.85. The summed E-state index contributed by atoms with van der Waals surface area (Å²) in [5.74, 6) is 2.79. The Balaban J connectivity index is 1.68. The van der Waals surface area contributed by atoms with E-state index in [-0.39, 0.29) is 22.7 Å². The van der Waals surface area contributed by atoms with Crippen molar-refractivity contribution in [3.05, 3.63) is 21.3 Å². The molecule has 0 aromatic heterocycles. The molecule has 0 bridgehead atoms. The third-order valence-electron chi connectivity index (χ3n) is 9.04. The molecule has 1 unspecified atom stereocenters. The molecule has 3 fully saturated rings. The van der Waals surface area contributed by atoms with Crippen LogP contribution in [-0.4, -0.2) is 17.3 Å². The Kier molecular flexibility index (Phi) is 4.32. The standard InChI is InChI=1S/C22H33NO3/c1-14(24)20-15(13-23(25)26)12-19-17-8-7-16-6-4-5-10-21(16,2)18(17)9-11-22(19,20)3/h16-19H,4-13H2,1-3H3/t16?,17-,18+,19+,21+,22+/m1/s1. The number of nitrogens with zero attached hydrogens (tertiary/aromatic N) is 1. The van der Waals surface area contributed by atoms with Gasteiger partial charge in [-0.1, -0.05) is 26.7 Å². The molecule has 4 aliphatic carbocycles. The van der Waals surface area contributed by atoms with E-state index in [1.165, 1.54) is 44.9 Å². The molecule has 26 heavy (non-hydrogen) atoms. The molecule has 0 aromatic rings. The van der Waals surface area contributed by atoms with Gasteiger partial charge < -0.3 is 0 Å². The van der Waals surface area contributed by atoms with Crippen molar-refractivity contribution in [3.8, 4) is 0 Å². The highest BCUT2D eigenvalue weighted by molar-refractivity contribution is 5.96. The molecule has 6 atom stereocenters. The quantitative estimate of drug-likeness (QED) is 0.514. The zero-order valence-electron chi connectivity index (χ0n) is 16.6. The maximum atomic E-state index is 12.5. The molecule has 0 heterocycles. The van der Waals surface area contributed by atoms with E-state index in [0.717, 1.165) is 35.8 Å². The number of rotatable bonds is 3. The van der Waals surface area contributed by atoms with E-state index in [2.05, 4.69) is 13.8 Å². The minimum atomic E-state index is -0.240. The van der Waals surface area contributed by atoms with Crippen LogP contribution in [0.4, 0.5) is 0 Å². The first-order valence-electron chi connectivity index (χ1n) is 10.6. The fourth-order valence-electron chi connectivity index (χ4n) is 8.02. The lowest BCUT2D eigenvalue weighted by Crippen LogP contribution is -2.52. The Labute approximate surface area is 157 Å². The summed E-state index contributed by atoms with van der Waals surface area (Å²) in [4.78, 5) is 23.4. The van der Waals surface area contributed by atoms with Crippen molar-refractivity contribution in [2.45, 2.75) is 78.6 Å². The van der Waals surface area contributed by atoms with Crippen LogP contribution in [0.3, 0.4) is 0 Å². The van der Waals surface area contributed by atoms with Gasteiger partial charge in [-0.2, -0.15) is 0 Å².